The van der Waals surface area contributed by atoms with Crippen molar-refractivity contribution in [3.8, 4) is 11.5 Å². The van der Waals surface area contributed by atoms with Gasteiger partial charge in [-0.15, -0.1) is 0 Å². The molecule has 4 rings (SSSR count). The Morgan fingerprint density at radius 2 is 1.94 bits per heavy atom. The highest BCUT2D eigenvalue weighted by atomic mass is 32.2. The summed E-state index contributed by atoms with van der Waals surface area (Å²) < 4.78 is 38.2. The van der Waals surface area contributed by atoms with Gasteiger partial charge in [0.15, 0.2) is 11.5 Å². The topological polar surface area (TPSA) is 122 Å². The number of aryl methyl sites for hydroxylation is 1. The van der Waals surface area contributed by atoms with Crippen molar-refractivity contribution < 1.29 is 32.9 Å². The number of carboxylic acid groups (broad SMARTS) is 1. The summed E-state index contributed by atoms with van der Waals surface area (Å²) in [5.74, 6) is -4.00. The summed E-state index contributed by atoms with van der Waals surface area (Å²) in [6.45, 7) is -0.837. The van der Waals surface area contributed by atoms with Gasteiger partial charge in [-0.25, -0.2) is 17.9 Å². The molecule has 0 spiro atoms. The first-order valence-corrected chi connectivity index (χ1v) is 11.9. The fraction of sp³-hybridized carbons (Fsp3) is 0.409. The van der Waals surface area contributed by atoms with E-state index in [1.54, 1.807) is 30.3 Å². The molecule has 2 aromatic rings. The maximum absolute atomic E-state index is 12.3. The molecule has 1 fully saturated rings. The highest BCUT2D eigenvalue weighted by Crippen LogP contribution is 2.51. The van der Waals surface area contributed by atoms with E-state index in [-0.39, 0.29) is 29.9 Å². The van der Waals surface area contributed by atoms with Crippen LogP contribution in [0.25, 0.3) is 0 Å². The van der Waals surface area contributed by atoms with E-state index in [0.29, 0.717) is 5.75 Å². The molecule has 1 heterocycles. The number of aliphatic carboxylic acids is 1. The van der Waals surface area contributed by atoms with Crippen molar-refractivity contribution in [2.24, 2.45) is 0 Å². The third-order valence-electron chi connectivity index (χ3n) is 5.78. The summed E-state index contributed by atoms with van der Waals surface area (Å²) in [6, 6.07) is 14.2. The molecule has 2 aliphatic rings. The van der Waals surface area contributed by atoms with Gasteiger partial charge >= 0.3 is 11.8 Å². The number of rotatable bonds is 9. The van der Waals surface area contributed by atoms with Crippen LogP contribution in [0.5, 0.6) is 11.5 Å². The van der Waals surface area contributed by atoms with E-state index in [9.17, 15) is 23.4 Å². The number of nitrogens with one attached hydrogen (secondary N) is 1. The van der Waals surface area contributed by atoms with Gasteiger partial charge in [-0.2, -0.15) is 0 Å². The molecule has 3 unspecified atom stereocenters. The minimum absolute atomic E-state index is 0.0224. The molecular weight excluding hydrogens is 422 g/mol. The number of sulfonamides is 1. The Morgan fingerprint density at radius 1 is 1.16 bits per heavy atom. The van der Waals surface area contributed by atoms with Crippen molar-refractivity contribution in [3.63, 3.8) is 0 Å². The molecule has 31 heavy (non-hydrogen) atoms. The molecule has 9 heteroatoms. The minimum Gasteiger partial charge on any atom is -0.486 e. The smallest absolute Gasteiger partial charge is 0.378 e. The van der Waals surface area contributed by atoms with Gasteiger partial charge < -0.3 is 19.7 Å². The van der Waals surface area contributed by atoms with Gasteiger partial charge in [0.05, 0.1) is 12.3 Å². The van der Waals surface area contributed by atoms with Gasteiger partial charge in [0, 0.05) is 11.5 Å². The van der Waals surface area contributed by atoms with Crippen LogP contribution in [0.2, 0.25) is 0 Å². The fourth-order valence-corrected chi connectivity index (χ4v) is 5.18. The third-order valence-corrected chi connectivity index (χ3v) is 7.10. The van der Waals surface area contributed by atoms with Crippen LogP contribution in [0.15, 0.2) is 48.5 Å². The van der Waals surface area contributed by atoms with Gasteiger partial charge in [0.1, 0.15) is 6.10 Å². The standard InChI is InChI=1S/C22H25NO7S/c24-21(25)22(26,14-23-31(27,28)13-12-15-6-2-1-3-7-15)30-19-11-5-9-17-16-8-4-10-18(16)29-20(17)19/h1-3,5-7,9,11,16,18,23,26H,4,8,10,12-14H2,(H,24,25). The van der Waals surface area contributed by atoms with Crippen LogP contribution in [-0.2, 0) is 21.2 Å². The number of ether oxygens (including phenoxy) is 2. The number of carbonyl (C=O) groups is 1. The molecule has 0 bridgehead atoms. The molecule has 2 aromatic carbocycles. The first kappa shape index (κ1) is 21.6. The second-order valence-electron chi connectivity index (χ2n) is 7.94. The Labute approximate surface area is 180 Å². The Hall–Kier alpha value is -2.62. The van der Waals surface area contributed by atoms with Crippen LogP contribution in [0.3, 0.4) is 0 Å². The highest BCUT2D eigenvalue weighted by molar-refractivity contribution is 7.89. The fourth-order valence-electron chi connectivity index (χ4n) is 4.12. The predicted octanol–water partition coefficient (Wildman–Crippen LogP) is 2.03. The molecule has 3 N–H and O–H groups in total. The van der Waals surface area contributed by atoms with E-state index < -0.39 is 28.3 Å². The molecule has 0 aromatic heterocycles. The predicted molar refractivity (Wildman–Crippen MR) is 113 cm³/mol. The number of para-hydroxylation sites is 1. The van der Waals surface area contributed by atoms with Crippen molar-refractivity contribution in [2.45, 2.75) is 43.5 Å². The van der Waals surface area contributed by atoms with E-state index in [1.165, 1.54) is 6.07 Å². The Balaban J connectivity index is 1.45. The Bertz CT molecular complexity index is 1060. The van der Waals surface area contributed by atoms with Crippen LogP contribution in [0.4, 0.5) is 0 Å². The minimum atomic E-state index is -3.85. The highest BCUT2D eigenvalue weighted by Gasteiger charge is 2.44. The molecule has 1 aliphatic carbocycles. The lowest BCUT2D eigenvalue weighted by Gasteiger charge is -2.26. The quantitative estimate of drug-likeness (QED) is 0.503. The van der Waals surface area contributed by atoms with Gasteiger partial charge in [0.2, 0.25) is 10.0 Å². The summed E-state index contributed by atoms with van der Waals surface area (Å²) in [4.78, 5) is 11.8. The average molecular weight is 448 g/mol. The summed E-state index contributed by atoms with van der Waals surface area (Å²) in [6.07, 6.45) is 3.22. The second kappa shape index (κ2) is 8.49. The third kappa shape index (κ3) is 4.68. The van der Waals surface area contributed by atoms with E-state index in [1.807, 2.05) is 12.1 Å². The van der Waals surface area contributed by atoms with Crippen LogP contribution in [0.1, 0.15) is 36.3 Å². The Morgan fingerprint density at radius 3 is 2.68 bits per heavy atom. The molecule has 1 saturated carbocycles. The van der Waals surface area contributed by atoms with Crippen molar-refractivity contribution >= 4 is 16.0 Å². The van der Waals surface area contributed by atoms with Crippen molar-refractivity contribution in [1.29, 1.82) is 0 Å². The summed E-state index contributed by atoms with van der Waals surface area (Å²) in [7, 11) is -3.85. The van der Waals surface area contributed by atoms with Gasteiger partial charge in [-0.1, -0.05) is 42.5 Å². The maximum atomic E-state index is 12.3. The lowest BCUT2D eigenvalue weighted by atomic mass is 9.97. The lowest BCUT2D eigenvalue weighted by Crippen LogP contribution is -2.53. The monoisotopic (exact) mass is 447 g/mol. The molecular formula is C22H25NO7S. The zero-order valence-corrected chi connectivity index (χ0v) is 17.7. The largest absolute Gasteiger partial charge is 0.486 e. The molecule has 0 saturated heterocycles. The first-order valence-electron chi connectivity index (χ1n) is 10.2. The van der Waals surface area contributed by atoms with Crippen molar-refractivity contribution in [2.75, 3.05) is 12.3 Å². The number of fused-ring (bicyclic) bond motifs is 3. The van der Waals surface area contributed by atoms with Crippen LogP contribution < -0.4 is 14.2 Å². The van der Waals surface area contributed by atoms with Crippen molar-refractivity contribution in [3.05, 3.63) is 59.7 Å². The zero-order chi connectivity index (χ0) is 22.1. The first-order chi connectivity index (χ1) is 14.8. The van der Waals surface area contributed by atoms with E-state index >= 15 is 0 Å². The number of hydrogen-bond acceptors (Lipinski definition) is 6. The van der Waals surface area contributed by atoms with Gasteiger partial charge in [-0.05, 0) is 37.3 Å². The molecule has 0 radical (unpaired) electrons. The van der Waals surface area contributed by atoms with Gasteiger partial charge in [0.25, 0.3) is 0 Å². The Kier molecular flexibility index (Phi) is 5.92. The normalized spacial score (nSPS) is 21.6. The second-order valence-corrected chi connectivity index (χ2v) is 9.86. The summed E-state index contributed by atoms with van der Waals surface area (Å²) >= 11 is 0. The lowest BCUT2D eigenvalue weighted by molar-refractivity contribution is -0.191. The number of carboxylic acids is 1. The van der Waals surface area contributed by atoms with Crippen molar-refractivity contribution in [1.82, 2.24) is 4.72 Å². The number of benzene rings is 2. The maximum Gasteiger partial charge on any atom is 0.378 e. The summed E-state index contributed by atoms with van der Waals surface area (Å²) in [5, 5.41) is 20.2. The average Bonchev–Trinajstić information content (AvgIpc) is 3.34. The molecule has 166 valence electrons. The molecule has 3 atom stereocenters. The van der Waals surface area contributed by atoms with E-state index in [2.05, 4.69) is 4.72 Å². The molecule has 1 aliphatic heterocycles. The number of hydrogen-bond donors (Lipinski definition) is 3. The van der Waals surface area contributed by atoms with Crippen LogP contribution in [-0.4, -0.2) is 48.8 Å². The number of aliphatic hydroxyl groups is 1. The SMILES string of the molecule is O=C(O)C(O)(CNS(=O)(=O)CCc1ccccc1)Oc1cccc2c1OC1CCCC21. The van der Waals surface area contributed by atoms with Crippen LogP contribution in [0, 0.1) is 0 Å². The van der Waals surface area contributed by atoms with E-state index in [0.717, 1.165) is 30.4 Å². The van der Waals surface area contributed by atoms with Crippen LogP contribution >= 0.6 is 0 Å². The van der Waals surface area contributed by atoms with E-state index in [4.69, 9.17) is 9.47 Å². The summed E-state index contributed by atoms with van der Waals surface area (Å²) in [5.41, 5.74) is 1.76. The molecule has 0 amide bonds. The zero-order valence-electron chi connectivity index (χ0n) is 16.9. The van der Waals surface area contributed by atoms with Gasteiger partial charge in [-0.3, -0.25) is 0 Å². The molecule has 8 nitrogen and oxygen atoms in total.